The minimum Gasteiger partial charge on any atom is -0.493 e. The summed E-state index contributed by atoms with van der Waals surface area (Å²) in [5, 5.41) is 0. The van der Waals surface area contributed by atoms with Gasteiger partial charge in [-0.1, -0.05) is 18.2 Å². The quantitative estimate of drug-likeness (QED) is 0.585. The average molecular weight is 356 g/mol. The molecule has 1 aliphatic heterocycles. The van der Waals surface area contributed by atoms with Crippen LogP contribution in [0.25, 0.3) is 6.08 Å². The van der Waals surface area contributed by atoms with Crippen molar-refractivity contribution in [3.05, 3.63) is 54.1 Å². The van der Waals surface area contributed by atoms with Gasteiger partial charge in [0.15, 0.2) is 29.1 Å². The van der Waals surface area contributed by atoms with Crippen molar-refractivity contribution in [3.63, 3.8) is 0 Å². The molecule has 0 N–H and O–H groups in total. The largest absolute Gasteiger partial charge is 0.493 e. The number of rotatable bonds is 6. The molecule has 1 heterocycles. The molecule has 0 bridgehead atoms. The fraction of sp³-hybridized carbons (Fsp3) is 0.250. The monoisotopic (exact) mass is 356 g/mol. The van der Waals surface area contributed by atoms with Crippen LogP contribution in [-0.2, 0) is 9.53 Å². The van der Waals surface area contributed by atoms with Gasteiger partial charge in [0.25, 0.3) is 0 Å². The Morgan fingerprint density at radius 3 is 2.65 bits per heavy atom. The normalized spacial score (nSPS) is 15.5. The molecule has 136 valence electrons. The second-order valence-corrected chi connectivity index (χ2v) is 5.58. The molecule has 1 aliphatic rings. The van der Waals surface area contributed by atoms with Crippen LogP contribution in [-0.4, -0.2) is 39.5 Å². The second kappa shape index (κ2) is 8.29. The van der Waals surface area contributed by atoms with Gasteiger partial charge in [-0.25, -0.2) is 4.79 Å². The number of methoxy groups -OCH3 is 2. The van der Waals surface area contributed by atoms with E-state index in [1.165, 1.54) is 6.08 Å². The van der Waals surface area contributed by atoms with E-state index < -0.39 is 5.97 Å². The Morgan fingerprint density at radius 2 is 1.88 bits per heavy atom. The lowest BCUT2D eigenvalue weighted by Crippen LogP contribution is -2.34. The van der Waals surface area contributed by atoms with Gasteiger partial charge in [0.2, 0.25) is 0 Å². The molecule has 0 saturated heterocycles. The van der Waals surface area contributed by atoms with Crippen molar-refractivity contribution in [3.8, 4) is 23.0 Å². The molecular weight excluding hydrogens is 336 g/mol. The fourth-order valence-corrected chi connectivity index (χ4v) is 2.49. The van der Waals surface area contributed by atoms with E-state index in [2.05, 4.69) is 0 Å². The molecule has 1 atom stereocenters. The predicted molar refractivity (Wildman–Crippen MR) is 95.9 cm³/mol. The summed E-state index contributed by atoms with van der Waals surface area (Å²) in [7, 11) is 3.13. The molecule has 2 aromatic carbocycles. The van der Waals surface area contributed by atoms with E-state index >= 15 is 0 Å². The molecule has 1 unspecified atom stereocenters. The lowest BCUT2D eigenvalue weighted by molar-refractivity contribution is -0.140. The zero-order chi connectivity index (χ0) is 18.4. The summed E-state index contributed by atoms with van der Waals surface area (Å²) in [5.41, 5.74) is 0.797. The van der Waals surface area contributed by atoms with E-state index in [9.17, 15) is 4.79 Å². The first-order valence-corrected chi connectivity index (χ1v) is 8.15. The maximum Gasteiger partial charge on any atom is 0.330 e. The third kappa shape index (κ3) is 4.27. The first-order valence-electron chi connectivity index (χ1n) is 8.15. The van der Waals surface area contributed by atoms with E-state index in [1.807, 2.05) is 30.3 Å². The number of hydrogen-bond donors (Lipinski definition) is 0. The number of carbonyl (C=O) groups excluding carboxylic acids is 1. The fourth-order valence-electron chi connectivity index (χ4n) is 2.49. The lowest BCUT2D eigenvalue weighted by Gasteiger charge is -2.25. The summed E-state index contributed by atoms with van der Waals surface area (Å²) in [6.45, 7) is 0.452. The van der Waals surface area contributed by atoms with Crippen LogP contribution in [0.3, 0.4) is 0 Å². The van der Waals surface area contributed by atoms with Crippen LogP contribution in [0, 0.1) is 0 Å². The smallest absolute Gasteiger partial charge is 0.330 e. The number of esters is 1. The number of ether oxygens (including phenoxy) is 5. The second-order valence-electron chi connectivity index (χ2n) is 5.58. The van der Waals surface area contributed by atoms with Crippen LogP contribution in [0.15, 0.2) is 48.5 Å². The molecule has 0 spiro atoms. The molecule has 0 radical (unpaired) electrons. The van der Waals surface area contributed by atoms with Gasteiger partial charge >= 0.3 is 5.97 Å². The average Bonchev–Trinajstić information content (AvgIpc) is 2.70. The maximum absolute atomic E-state index is 11.9. The standard InChI is InChI=1S/C20H20O6/c1-22-16-9-7-14(11-19(16)23-2)8-10-20(21)25-13-15-12-24-17-5-3-4-6-18(17)26-15/h3-11,15H,12-13H2,1-2H3/b10-8+. The molecule has 6 heteroatoms. The summed E-state index contributed by atoms with van der Waals surface area (Å²) in [6.07, 6.45) is 2.68. The Bertz CT molecular complexity index is 799. The van der Waals surface area contributed by atoms with Gasteiger partial charge in [0, 0.05) is 6.08 Å². The number of benzene rings is 2. The van der Waals surface area contributed by atoms with Crippen molar-refractivity contribution < 1.29 is 28.5 Å². The molecule has 0 saturated carbocycles. The van der Waals surface area contributed by atoms with E-state index in [4.69, 9.17) is 23.7 Å². The number of carbonyl (C=O) groups is 1. The Morgan fingerprint density at radius 1 is 1.12 bits per heavy atom. The van der Waals surface area contributed by atoms with Crippen molar-refractivity contribution in [2.45, 2.75) is 6.10 Å². The zero-order valence-corrected chi connectivity index (χ0v) is 14.6. The number of hydrogen-bond acceptors (Lipinski definition) is 6. The van der Waals surface area contributed by atoms with Gasteiger partial charge in [-0.05, 0) is 35.9 Å². The Balaban J connectivity index is 1.52. The van der Waals surface area contributed by atoms with Crippen LogP contribution in [0.5, 0.6) is 23.0 Å². The highest BCUT2D eigenvalue weighted by molar-refractivity contribution is 5.87. The summed E-state index contributed by atoms with van der Waals surface area (Å²) < 4.78 is 27.0. The summed E-state index contributed by atoms with van der Waals surface area (Å²) in [6, 6.07) is 12.8. The molecule has 0 amide bonds. The number of para-hydroxylation sites is 2. The SMILES string of the molecule is COc1ccc(/C=C/C(=O)OCC2COc3ccccc3O2)cc1OC. The Hall–Kier alpha value is -3.15. The molecule has 26 heavy (non-hydrogen) atoms. The highest BCUT2D eigenvalue weighted by Crippen LogP contribution is 2.31. The molecular formula is C20H20O6. The summed E-state index contributed by atoms with van der Waals surface area (Å²) >= 11 is 0. The molecule has 0 fully saturated rings. The van der Waals surface area contributed by atoms with Crippen LogP contribution < -0.4 is 18.9 Å². The van der Waals surface area contributed by atoms with E-state index in [0.717, 1.165) is 5.56 Å². The maximum atomic E-state index is 11.9. The van der Waals surface area contributed by atoms with Gasteiger partial charge in [-0.15, -0.1) is 0 Å². The predicted octanol–water partition coefficient (Wildman–Crippen LogP) is 3.10. The van der Waals surface area contributed by atoms with E-state index in [1.54, 1.807) is 32.4 Å². The van der Waals surface area contributed by atoms with Crippen LogP contribution in [0.4, 0.5) is 0 Å². The van der Waals surface area contributed by atoms with Crippen molar-refractivity contribution >= 4 is 12.0 Å². The van der Waals surface area contributed by atoms with Crippen molar-refractivity contribution in [2.24, 2.45) is 0 Å². The van der Waals surface area contributed by atoms with Crippen LogP contribution in [0.2, 0.25) is 0 Å². The third-order valence-corrected chi connectivity index (χ3v) is 3.80. The number of fused-ring (bicyclic) bond motifs is 1. The topological polar surface area (TPSA) is 63.2 Å². The van der Waals surface area contributed by atoms with E-state index in [-0.39, 0.29) is 12.7 Å². The summed E-state index contributed by atoms with van der Waals surface area (Å²) in [4.78, 5) is 11.9. The first-order chi connectivity index (χ1) is 12.7. The van der Waals surface area contributed by atoms with Crippen LogP contribution in [0.1, 0.15) is 5.56 Å². The first kappa shape index (κ1) is 17.7. The highest BCUT2D eigenvalue weighted by Gasteiger charge is 2.21. The van der Waals surface area contributed by atoms with Gasteiger partial charge < -0.3 is 23.7 Å². The third-order valence-electron chi connectivity index (χ3n) is 3.80. The Labute approximate surface area is 151 Å². The molecule has 0 aliphatic carbocycles. The highest BCUT2D eigenvalue weighted by atomic mass is 16.6. The van der Waals surface area contributed by atoms with Gasteiger partial charge in [-0.2, -0.15) is 0 Å². The van der Waals surface area contributed by atoms with Crippen molar-refractivity contribution in [1.82, 2.24) is 0 Å². The minimum atomic E-state index is -0.456. The lowest BCUT2D eigenvalue weighted by atomic mass is 10.2. The molecule has 0 aromatic heterocycles. The zero-order valence-electron chi connectivity index (χ0n) is 14.6. The molecule has 3 rings (SSSR count). The van der Waals surface area contributed by atoms with Crippen molar-refractivity contribution in [1.29, 1.82) is 0 Å². The van der Waals surface area contributed by atoms with Gasteiger partial charge in [0.05, 0.1) is 14.2 Å². The molecule has 2 aromatic rings. The Kier molecular flexibility index (Phi) is 5.63. The van der Waals surface area contributed by atoms with E-state index in [0.29, 0.717) is 29.6 Å². The van der Waals surface area contributed by atoms with Gasteiger partial charge in [-0.3, -0.25) is 0 Å². The van der Waals surface area contributed by atoms with Crippen molar-refractivity contribution in [2.75, 3.05) is 27.4 Å². The molecule has 6 nitrogen and oxygen atoms in total. The minimum absolute atomic E-state index is 0.115. The van der Waals surface area contributed by atoms with Crippen LogP contribution >= 0.6 is 0 Å². The van der Waals surface area contributed by atoms with Gasteiger partial charge in [0.1, 0.15) is 13.2 Å². The summed E-state index contributed by atoms with van der Waals surface area (Å²) in [5.74, 6) is 2.11.